The van der Waals surface area contributed by atoms with Gasteiger partial charge in [0.05, 0.1) is 10.6 Å². The van der Waals surface area contributed by atoms with Crippen molar-refractivity contribution in [3.05, 3.63) is 47.8 Å². The van der Waals surface area contributed by atoms with E-state index in [1.165, 1.54) is 33.5 Å². The molecule has 32 heavy (non-hydrogen) atoms. The third-order valence-corrected chi connectivity index (χ3v) is 7.36. The number of nitrogens with one attached hydrogen (secondary N) is 2. The van der Waals surface area contributed by atoms with Crippen molar-refractivity contribution in [1.29, 1.82) is 0 Å². The Labute approximate surface area is 185 Å². The van der Waals surface area contributed by atoms with Crippen LogP contribution in [-0.2, 0) is 14.8 Å². The van der Waals surface area contributed by atoms with Crippen LogP contribution in [0.1, 0.15) is 12.5 Å². The monoisotopic (exact) mass is 462 g/mol. The molecule has 0 aromatic heterocycles. The van der Waals surface area contributed by atoms with Crippen LogP contribution in [0.15, 0.2) is 41.3 Å². The molecule has 2 heterocycles. The van der Waals surface area contributed by atoms with E-state index in [4.69, 9.17) is 4.74 Å². The molecule has 3 amide bonds. The summed E-state index contributed by atoms with van der Waals surface area (Å²) >= 11 is 0. The smallest absolute Gasteiger partial charge is 0.321 e. The number of aryl methyl sites for hydroxylation is 1. The molecule has 0 aliphatic carbocycles. The number of anilines is 2. The number of urea groups is 1. The maximum atomic E-state index is 13.7. The van der Waals surface area contributed by atoms with Crippen molar-refractivity contribution < 1.29 is 27.1 Å². The molecule has 0 saturated carbocycles. The Bertz CT molecular complexity index is 1180. The van der Waals surface area contributed by atoms with Crippen molar-refractivity contribution >= 4 is 33.3 Å². The second kappa shape index (κ2) is 8.40. The summed E-state index contributed by atoms with van der Waals surface area (Å²) in [4.78, 5) is 25.8. The van der Waals surface area contributed by atoms with E-state index in [-0.39, 0.29) is 37.0 Å². The van der Waals surface area contributed by atoms with Gasteiger partial charge in [-0.15, -0.1) is 0 Å². The molecular formula is C21H23FN4O5S. The van der Waals surface area contributed by atoms with Crippen LogP contribution in [0.25, 0.3) is 0 Å². The summed E-state index contributed by atoms with van der Waals surface area (Å²) in [6.07, 6.45) is -0.652. The van der Waals surface area contributed by atoms with Crippen LogP contribution in [-0.4, -0.2) is 61.8 Å². The molecule has 170 valence electrons. The number of hydrogen-bond donors (Lipinski definition) is 2. The molecule has 11 heteroatoms. The molecule has 0 spiro atoms. The Morgan fingerprint density at radius 1 is 1.16 bits per heavy atom. The lowest BCUT2D eigenvalue weighted by Gasteiger charge is -2.34. The van der Waals surface area contributed by atoms with Crippen LogP contribution in [0.5, 0.6) is 5.75 Å². The van der Waals surface area contributed by atoms with Crippen LogP contribution >= 0.6 is 0 Å². The number of carbonyl (C=O) groups is 2. The molecule has 1 saturated heterocycles. The quantitative estimate of drug-likeness (QED) is 0.728. The molecule has 4 rings (SSSR count). The van der Waals surface area contributed by atoms with Gasteiger partial charge in [-0.2, -0.15) is 4.31 Å². The maximum Gasteiger partial charge on any atom is 0.321 e. The van der Waals surface area contributed by atoms with Crippen LogP contribution < -0.4 is 15.4 Å². The third kappa shape index (κ3) is 4.26. The highest BCUT2D eigenvalue weighted by Crippen LogP contribution is 2.33. The zero-order chi connectivity index (χ0) is 23.0. The Balaban J connectivity index is 1.41. The highest BCUT2D eigenvalue weighted by molar-refractivity contribution is 7.89. The number of sulfonamides is 1. The Morgan fingerprint density at radius 3 is 2.56 bits per heavy atom. The SMILES string of the molecule is Cc1ccc(NC(=O)N2CCN(S(=O)(=O)c3ccc4c(c3)NC(=O)[C@@H](C)O4)CC2)cc1F. The fourth-order valence-corrected chi connectivity index (χ4v) is 4.95. The summed E-state index contributed by atoms with van der Waals surface area (Å²) in [5, 5.41) is 5.27. The number of benzene rings is 2. The van der Waals surface area contributed by atoms with Gasteiger partial charge in [0.25, 0.3) is 5.91 Å². The lowest BCUT2D eigenvalue weighted by atomic mass is 10.2. The molecule has 9 nitrogen and oxygen atoms in total. The minimum Gasteiger partial charge on any atom is -0.479 e. The van der Waals surface area contributed by atoms with Gasteiger partial charge in [-0.3, -0.25) is 4.79 Å². The van der Waals surface area contributed by atoms with Crippen LogP contribution in [0.2, 0.25) is 0 Å². The normalized spacial score (nSPS) is 19.0. The zero-order valence-electron chi connectivity index (χ0n) is 17.6. The molecule has 2 N–H and O–H groups in total. The summed E-state index contributed by atoms with van der Waals surface area (Å²) < 4.78 is 46.6. The summed E-state index contributed by atoms with van der Waals surface area (Å²) in [6.45, 7) is 3.81. The topological polar surface area (TPSA) is 108 Å². The molecule has 0 bridgehead atoms. The van der Waals surface area contributed by atoms with Gasteiger partial charge >= 0.3 is 6.03 Å². The average molecular weight is 463 g/mol. The highest BCUT2D eigenvalue weighted by Gasteiger charge is 2.32. The summed E-state index contributed by atoms with van der Waals surface area (Å²) in [5.74, 6) is -0.356. The summed E-state index contributed by atoms with van der Waals surface area (Å²) in [7, 11) is -3.83. The Kier molecular flexibility index (Phi) is 5.78. The van der Waals surface area contributed by atoms with E-state index in [1.54, 1.807) is 26.0 Å². The van der Waals surface area contributed by atoms with Gasteiger partial charge in [-0.1, -0.05) is 6.07 Å². The maximum absolute atomic E-state index is 13.7. The van der Waals surface area contributed by atoms with Crippen molar-refractivity contribution in [2.75, 3.05) is 36.8 Å². The van der Waals surface area contributed by atoms with E-state index in [1.807, 2.05) is 0 Å². The van der Waals surface area contributed by atoms with Gasteiger partial charge in [0.2, 0.25) is 10.0 Å². The first-order chi connectivity index (χ1) is 15.1. The van der Waals surface area contributed by atoms with E-state index in [0.29, 0.717) is 22.7 Å². The van der Waals surface area contributed by atoms with Crippen LogP contribution in [0.3, 0.4) is 0 Å². The number of fused-ring (bicyclic) bond motifs is 1. The third-order valence-electron chi connectivity index (χ3n) is 5.47. The Hall–Kier alpha value is -3.18. The van der Waals surface area contributed by atoms with Crippen molar-refractivity contribution in [2.45, 2.75) is 24.8 Å². The standard InChI is InChI=1S/C21H23FN4O5S/c1-13-3-4-15(11-17(13)22)23-21(28)25-7-9-26(10-8-25)32(29,30)16-5-6-19-18(12-16)24-20(27)14(2)31-19/h3-6,11-12,14H,7-10H2,1-2H3,(H,23,28)(H,24,27)/t14-/m1/s1. The van der Waals surface area contributed by atoms with Crippen molar-refractivity contribution in [3.8, 4) is 5.75 Å². The molecule has 0 unspecified atom stereocenters. The predicted octanol–water partition coefficient (Wildman–Crippen LogP) is 2.39. The fraction of sp³-hybridized carbons (Fsp3) is 0.333. The average Bonchev–Trinajstić information content (AvgIpc) is 2.77. The molecule has 2 aromatic carbocycles. The highest BCUT2D eigenvalue weighted by atomic mass is 32.2. The summed E-state index contributed by atoms with van der Waals surface area (Å²) in [5.41, 5.74) is 1.11. The number of nitrogens with zero attached hydrogens (tertiary/aromatic N) is 2. The van der Waals surface area contributed by atoms with Gasteiger partial charge < -0.3 is 20.3 Å². The minimum atomic E-state index is -3.83. The second-order valence-electron chi connectivity index (χ2n) is 7.69. The lowest BCUT2D eigenvalue weighted by Crippen LogP contribution is -2.51. The molecule has 1 fully saturated rings. The first-order valence-corrected chi connectivity index (χ1v) is 11.5. The second-order valence-corrected chi connectivity index (χ2v) is 9.63. The van der Waals surface area contributed by atoms with E-state index in [9.17, 15) is 22.4 Å². The van der Waals surface area contributed by atoms with Gasteiger partial charge in [0.15, 0.2) is 6.10 Å². The molecular weight excluding hydrogens is 439 g/mol. The van der Waals surface area contributed by atoms with E-state index >= 15 is 0 Å². The number of piperazine rings is 1. The summed E-state index contributed by atoms with van der Waals surface area (Å²) in [6, 6.07) is 8.32. The molecule has 1 atom stereocenters. The largest absolute Gasteiger partial charge is 0.479 e. The minimum absolute atomic E-state index is 0.0303. The van der Waals surface area contributed by atoms with Gasteiger partial charge in [-0.05, 0) is 49.7 Å². The van der Waals surface area contributed by atoms with E-state index < -0.39 is 28.0 Å². The van der Waals surface area contributed by atoms with Gasteiger partial charge in [0, 0.05) is 31.9 Å². The van der Waals surface area contributed by atoms with E-state index in [2.05, 4.69) is 10.6 Å². The zero-order valence-corrected chi connectivity index (χ0v) is 18.4. The van der Waals surface area contributed by atoms with Gasteiger partial charge in [-0.25, -0.2) is 17.6 Å². The van der Waals surface area contributed by atoms with Crippen molar-refractivity contribution in [2.24, 2.45) is 0 Å². The fourth-order valence-electron chi connectivity index (χ4n) is 3.50. The van der Waals surface area contributed by atoms with Crippen LogP contribution in [0, 0.1) is 12.7 Å². The number of ether oxygens (including phenoxy) is 1. The molecule has 2 aliphatic heterocycles. The van der Waals surface area contributed by atoms with Gasteiger partial charge in [0.1, 0.15) is 11.6 Å². The molecule has 2 aliphatic rings. The number of halogens is 1. The van der Waals surface area contributed by atoms with Crippen molar-refractivity contribution in [1.82, 2.24) is 9.21 Å². The van der Waals surface area contributed by atoms with Crippen LogP contribution in [0.4, 0.5) is 20.6 Å². The first kappa shape index (κ1) is 22.0. The number of amides is 3. The van der Waals surface area contributed by atoms with E-state index in [0.717, 1.165) is 0 Å². The van der Waals surface area contributed by atoms with Crippen molar-refractivity contribution in [3.63, 3.8) is 0 Å². The first-order valence-electron chi connectivity index (χ1n) is 10.1. The molecule has 0 radical (unpaired) electrons. The molecule has 2 aromatic rings. The lowest BCUT2D eigenvalue weighted by molar-refractivity contribution is -0.122. The Morgan fingerprint density at radius 2 is 1.88 bits per heavy atom. The predicted molar refractivity (Wildman–Crippen MR) is 116 cm³/mol. The number of carbonyl (C=O) groups excluding carboxylic acids is 2. The number of rotatable bonds is 3. The number of hydrogen-bond acceptors (Lipinski definition) is 5.